The van der Waals surface area contributed by atoms with Gasteiger partial charge in [0.1, 0.15) is 17.5 Å². The minimum Gasteiger partial charge on any atom is -0.322 e. The third-order valence-electron chi connectivity index (χ3n) is 3.15. The normalized spacial score (nSPS) is 12.0. The van der Waals surface area contributed by atoms with E-state index in [9.17, 15) is 18.0 Å². The Hall–Kier alpha value is -2.34. The highest BCUT2D eigenvalue weighted by Gasteiger charge is 2.12. The van der Waals surface area contributed by atoms with Crippen molar-refractivity contribution in [3.05, 3.63) is 65.5 Å². The number of nitrogens with one attached hydrogen (secondary N) is 2. The molecule has 1 atom stereocenters. The molecule has 0 spiro atoms. The number of hydrogen-bond acceptors (Lipinski definition) is 2. The van der Waals surface area contributed by atoms with Crippen LogP contribution >= 0.6 is 0 Å². The van der Waals surface area contributed by atoms with E-state index in [1.807, 2.05) is 0 Å². The maximum absolute atomic E-state index is 13.6. The minimum atomic E-state index is -0.851. The van der Waals surface area contributed by atoms with Crippen molar-refractivity contribution >= 4 is 11.6 Å². The van der Waals surface area contributed by atoms with Crippen molar-refractivity contribution in [3.63, 3.8) is 0 Å². The standard InChI is InChI=1S/C16H15F3N2O/c1-10(12-4-2-3-5-13(12)18)20-9-16(22)21-15-7-6-11(17)8-14(15)19/h2-8,10,20H,9H2,1H3,(H,21,22). The summed E-state index contributed by atoms with van der Waals surface area (Å²) in [4.78, 5) is 11.7. The van der Waals surface area contributed by atoms with Crippen molar-refractivity contribution in [1.82, 2.24) is 5.32 Å². The summed E-state index contributed by atoms with van der Waals surface area (Å²) in [5.41, 5.74) is 0.329. The Bertz CT molecular complexity index is 676. The third-order valence-corrected chi connectivity index (χ3v) is 3.15. The SMILES string of the molecule is CC(NCC(=O)Nc1ccc(F)cc1F)c1ccccc1F. The Labute approximate surface area is 126 Å². The summed E-state index contributed by atoms with van der Waals surface area (Å²) < 4.78 is 39.7. The highest BCUT2D eigenvalue weighted by atomic mass is 19.1. The monoisotopic (exact) mass is 308 g/mol. The number of benzene rings is 2. The summed E-state index contributed by atoms with van der Waals surface area (Å²) >= 11 is 0. The van der Waals surface area contributed by atoms with Crippen LogP contribution in [0.15, 0.2) is 42.5 Å². The largest absolute Gasteiger partial charge is 0.322 e. The number of halogens is 3. The van der Waals surface area contributed by atoms with Gasteiger partial charge in [0.2, 0.25) is 5.91 Å². The van der Waals surface area contributed by atoms with Crippen LogP contribution in [0.3, 0.4) is 0 Å². The van der Waals surface area contributed by atoms with Gasteiger partial charge in [-0.3, -0.25) is 4.79 Å². The molecular formula is C16H15F3N2O. The number of carbonyl (C=O) groups is 1. The highest BCUT2D eigenvalue weighted by Crippen LogP contribution is 2.16. The lowest BCUT2D eigenvalue weighted by Crippen LogP contribution is -2.30. The average molecular weight is 308 g/mol. The molecule has 0 bridgehead atoms. The van der Waals surface area contributed by atoms with Crippen LogP contribution in [0.25, 0.3) is 0 Å². The first-order valence-corrected chi connectivity index (χ1v) is 6.70. The van der Waals surface area contributed by atoms with Crippen LogP contribution in [0.2, 0.25) is 0 Å². The molecule has 6 heteroatoms. The Morgan fingerprint density at radius 3 is 2.50 bits per heavy atom. The maximum atomic E-state index is 13.6. The quantitative estimate of drug-likeness (QED) is 0.889. The van der Waals surface area contributed by atoms with Gasteiger partial charge in [0.25, 0.3) is 0 Å². The molecule has 0 aromatic heterocycles. The first-order chi connectivity index (χ1) is 10.5. The first kappa shape index (κ1) is 16.0. The zero-order chi connectivity index (χ0) is 16.1. The fraction of sp³-hybridized carbons (Fsp3) is 0.188. The Morgan fingerprint density at radius 2 is 1.82 bits per heavy atom. The lowest BCUT2D eigenvalue weighted by molar-refractivity contribution is -0.115. The fourth-order valence-corrected chi connectivity index (χ4v) is 1.97. The summed E-state index contributed by atoms with van der Waals surface area (Å²) in [6, 6.07) is 8.72. The van der Waals surface area contributed by atoms with E-state index in [0.29, 0.717) is 11.6 Å². The number of amides is 1. The predicted molar refractivity (Wildman–Crippen MR) is 77.8 cm³/mol. The molecule has 22 heavy (non-hydrogen) atoms. The van der Waals surface area contributed by atoms with Crippen LogP contribution in [-0.2, 0) is 4.79 Å². The average Bonchev–Trinajstić information content (AvgIpc) is 2.48. The molecule has 2 rings (SSSR count). The van der Waals surface area contributed by atoms with Crippen molar-refractivity contribution in [2.75, 3.05) is 11.9 Å². The number of rotatable bonds is 5. The second-order valence-electron chi connectivity index (χ2n) is 4.80. The van der Waals surface area contributed by atoms with Gasteiger partial charge >= 0.3 is 0 Å². The lowest BCUT2D eigenvalue weighted by atomic mass is 10.1. The van der Waals surface area contributed by atoms with Gasteiger partial charge in [-0.15, -0.1) is 0 Å². The fourth-order valence-electron chi connectivity index (χ4n) is 1.97. The van der Waals surface area contributed by atoms with Crippen LogP contribution < -0.4 is 10.6 Å². The van der Waals surface area contributed by atoms with E-state index in [0.717, 1.165) is 12.1 Å². The summed E-state index contributed by atoms with van der Waals surface area (Å²) in [5, 5.41) is 5.16. The molecule has 0 aliphatic heterocycles. The molecule has 1 unspecified atom stereocenters. The molecule has 0 aliphatic rings. The molecule has 0 radical (unpaired) electrons. The van der Waals surface area contributed by atoms with Gasteiger partial charge in [0.15, 0.2) is 0 Å². The Morgan fingerprint density at radius 1 is 1.09 bits per heavy atom. The van der Waals surface area contributed by atoms with E-state index in [1.165, 1.54) is 6.07 Å². The highest BCUT2D eigenvalue weighted by molar-refractivity contribution is 5.92. The van der Waals surface area contributed by atoms with Crippen LogP contribution in [0.1, 0.15) is 18.5 Å². The molecule has 0 saturated heterocycles. The van der Waals surface area contributed by atoms with Crippen molar-refractivity contribution in [2.24, 2.45) is 0 Å². The second-order valence-corrected chi connectivity index (χ2v) is 4.80. The summed E-state index contributed by atoms with van der Waals surface area (Å²) in [5.74, 6) is -2.45. The van der Waals surface area contributed by atoms with Gasteiger partial charge in [0, 0.05) is 17.7 Å². The Kier molecular flexibility index (Phi) is 5.16. The van der Waals surface area contributed by atoms with Crippen LogP contribution in [0.4, 0.5) is 18.9 Å². The van der Waals surface area contributed by atoms with E-state index in [2.05, 4.69) is 10.6 Å². The molecule has 0 fully saturated rings. The molecule has 0 aliphatic carbocycles. The molecule has 2 aromatic carbocycles. The van der Waals surface area contributed by atoms with E-state index in [1.54, 1.807) is 25.1 Å². The van der Waals surface area contributed by atoms with Gasteiger partial charge in [0.05, 0.1) is 12.2 Å². The van der Waals surface area contributed by atoms with Crippen molar-refractivity contribution in [2.45, 2.75) is 13.0 Å². The van der Waals surface area contributed by atoms with E-state index >= 15 is 0 Å². The molecule has 2 aromatic rings. The van der Waals surface area contributed by atoms with E-state index < -0.39 is 17.5 Å². The molecule has 2 N–H and O–H groups in total. The third kappa shape index (κ3) is 4.08. The molecule has 0 heterocycles. The second kappa shape index (κ2) is 7.09. The molecular weight excluding hydrogens is 293 g/mol. The zero-order valence-corrected chi connectivity index (χ0v) is 11.9. The van der Waals surface area contributed by atoms with Gasteiger partial charge < -0.3 is 10.6 Å². The molecule has 1 amide bonds. The van der Waals surface area contributed by atoms with Gasteiger partial charge in [-0.2, -0.15) is 0 Å². The van der Waals surface area contributed by atoms with Crippen molar-refractivity contribution in [1.29, 1.82) is 0 Å². The van der Waals surface area contributed by atoms with Gasteiger partial charge in [-0.25, -0.2) is 13.2 Å². The smallest absolute Gasteiger partial charge is 0.238 e. The maximum Gasteiger partial charge on any atom is 0.238 e. The first-order valence-electron chi connectivity index (χ1n) is 6.70. The summed E-state index contributed by atoms with van der Waals surface area (Å²) in [7, 11) is 0. The van der Waals surface area contributed by atoms with E-state index in [4.69, 9.17) is 0 Å². The number of hydrogen-bond donors (Lipinski definition) is 2. The predicted octanol–water partition coefficient (Wildman–Crippen LogP) is 3.39. The molecule has 3 nitrogen and oxygen atoms in total. The van der Waals surface area contributed by atoms with Gasteiger partial charge in [-0.05, 0) is 25.1 Å². The Balaban J connectivity index is 1.91. The lowest BCUT2D eigenvalue weighted by Gasteiger charge is -2.15. The van der Waals surface area contributed by atoms with Crippen LogP contribution in [-0.4, -0.2) is 12.5 Å². The minimum absolute atomic E-state index is 0.105. The zero-order valence-electron chi connectivity index (χ0n) is 11.9. The van der Waals surface area contributed by atoms with Crippen molar-refractivity contribution < 1.29 is 18.0 Å². The summed E-state index contributed by atoms with van der Waals surface area (Å²) in [6.07, 6.45) is 0. The number of carbonyl (C=O) groups excluding carboxylic acids is 1. The van der Waals surface area contributed by atoms with Crippen LogP contribution in [0.5, 0.6) is 0 Å². The molecule has 0 saturated carbocycles. The molecule has 116 valence electrons. The topological polar surface area (TPSA) is 41.1 Å². The number of anilines is 1. The van der Waals surface area contributed by atoms with E-state index in [-0.39, 0.29) is 24.1 Å². The van der Waals surface area contributed by atoms with Gasteiger partial charge in [-0.1, -0.05) is 18.2 Å². The van der Waals surface area contributed by atoms with Crippen molar-refractivity contribution in [3.8, 4) is 0 Å². The summed E-state index contributed by atoms with van der Waals surface area (Å²) in [6.45, 7) is 1.58. The van der Waals surface area contributed by atoms with Crippen LogP contribution in [0, 0.1) is 17.5 Å².